The van der Waals surface area contributed by atoms with E-state index >= 15 is 0 Å². The van der Waals surface area contributed by atoms with Gasteiger partial charge < -0.3 is 4.74 Å². The molecule has 0 radical (unpaired) electrons. The molecule has 23 heavy (non-hydrogen) atoms. The minimum absolute atomic E-state index is 0.191. The summed E-state index contributed by atoms with van der Waals surface area (Å²) in [5.41, 5.74) is 2.00. The van der Waals surface area contributed by atoms with Crippen LogP contribution in [0.5, 0.6) is 5.75 Å². The van der Waals surface area contributed by atoms with Crippen molar-refractivity contribution >= 4 is 26.6 Å². The molecule has 1 heterocycles. The van der Waals surface area contributed by atoms with Gasteiger partial charge in [-0.3, -0.25) is 9.71 Å². The van der Waals surface area contributed by atoms with E-state index in [-0.39, 0.29) is 4.90 Å². The highest BCUT2D eigenvalue weighted by molar-refractivity contribution is 7.92. The quantitative estimate of drug-likeness (QED) is 0.797. The van der Waals surface area contributed by atoms with Gasteiger partial charge in [-0.15, -0.1) is 0 Å². The molecule has 3 rings (SSSR count). The molecule has 0 amide bonds. The Labute approximate surface area is 135 Å². The molecule has 0 spiro atoms. The Morgan fingerprint density at radius 3 is 2.65 bits per heavy atom. The fourth-order valence-corrected chi connectivity index (χ4v) is 3.58. The predicted octanol–water partition coefficient (Wildman–Crippen LogP) is 3.35. The van der Waals surface area contributed by atoms with E-state index in [0.717, 1.165) is 16.5 Å². The molecular weight excluding hydrogens is 312 g/mol. The summed E-state index contributed by atoms with van der Waals surface area (Å²) in [5, 5.41) is 0.754. The number of hydrogen-bond acceptors (Lipinski definition) is 4. The van der Waals surface area contributed by atoms with Crippen molar-refractivity contribution in [2.75, 3.05) is 11.8 Å². The molecular formula is C17H16N2O3S. The molecule has 0 saturated heterocycles. The van der Waals surface area contributed by atoms with Gasteiger partial charge in [0.2, 0.25) is 0 Å². The van der Waals surface area contributed by atoms with Crippen LogP contribution in [0.2, 0.25) is 0 Å². The SMILES string of the molecule is COc1ccc(S(=O)(=O)Nc2cccc3ncccc23)cc1C. The van der Waals surface area contributed by atoms with Crippen molar-refractivity contribution < 1.29 is 13.2 Å². The van der Waals surface area contributed by atoms with Crippen LogP contribution < -0.4 is 9.46 Å². The highest BCUT2D eigenvalue weighted by Crippen LogP contribution is 2.26. The van der Waals surface area contributed by atoms with Gasteiger partial charge in [0.15, 0.2) is 0 Å². The Hall–Kier alpha value is -2.60. The van der Waals surface area contributed by atoms with Gasteiger partial charge >= 0.3 is 0 Å². The minimum atomic E-state index is -3.69. The number of ether oxygens (including phenoxy) is 1. The van der Waals surface area contributed by atoms with Crippen LogP contribution in [0.3, 0.4) is 0 Å². The summed E-state index contributed by atoms with van der Waals surface area (Å²) in [4.78, 5) is 4.42. The van der Waals surface area contributed by atoms with E-state index in [1.807, 2.05) is 12.1 Å². The zero-order valence-electron chi connectivity index (χ0n) is 12.8. The minimum Gasteiger partial charge on any atom is -0.496 e. The molecule has 0 fully saturated rings. The number of pyridine rings is 1. The Bertz CT molecular complexity index is 963. The maximum atomic E-state index is 12.6. The van der Waals surface area contributed by atoms with Gasteiger partial charge in [-0.05, 0) is 55.0 Å². The molecule has 1 N–H and O–H groups in total. The number of benzene rings is 2. The largest absolute Gasteiger partial charge is 0.496 e. The molecule has 0 atom stereocenters. The van der Waals surface area contributed by atoms with Crippen LogP contribution in [0.1, 0.15) is 5.56 Å². The van der Waals surface area contributed by atoms with Gasteiger partial charge in [0.25, 0.3) is 10.0 Å². The number of rotatable bonds is 4. The summed E-state index contributed by atoms with van der Waals surface area (Å²) in [6, 6.07) is 13.7. The summed E-state index contributed by atoms with van der Waals surface area (Å²) in [6.07, 6.45) is 1.67. The molecule has 0 bridgehead atoms. The summed E-state index contributed by atoms with van der Waals surface area (Å²) < 4.78 is 33.0. The van der Waals surface area contributed by atoms with Crippen molar-refractivity contribution in [3.63, 3.8) is 0 Å². The van der Waals surface area contributed by atoms with Crippen molar-refractivity contribution in [1.29, 1.82) is 0 Å². The lowest BCUT2D eigenvalue weighted by molar-refractivity contribution is 0.411. The van der Waals surface area contributed by atoms with Crippen molar-refractivity contribution in [1.82, 2.24) is 4.98 Å². The Morgan fingerprint density at radius 2 is 1.91 bits per heavy atom. The third kappa shape index (κ3) is 2.98. The highest BCUT2D eigenvalue weighted by Gasteiger charge is 2.16. The van der Waals surface area contributed by atoms with E-state index in [1.165, 1.54) is 6.07 Å². The van der Waals surface area contributed by atoms with Gasteiger partial charge in [-0.25, -0.2) is 8.42 Å². The van der Waals surface area contributed by atoms with E-state index < -0.39 is 10.0 Å². The fourth-order valence-electron chi connectivity index (χ4n) is 2.41. The first-order valence-corrected chi connectivity index (χ1v) is 8.51. The summed E-state index contributed by atoms with van der Waals surface area (Å²) in [5.74, 6) is 0.651. The summed E-state index contributed by atoms with van der Waals surface area (Å²) in [7, 11) is -2.13. The third-order valence-corrected chi connectivity index (χ3v) is 4.93. The molecule has 0 aliphatic heterocycles. The smallest absolute Gasteiger partial charge is 0.261 e. The number of hydrogen-bond donors (Lipinski definition) is 1. The molecule has 5 nitrogen and oxygen atoms in total. The number of nitrogens with zero attached hydrogens (tertiary/aromatic N) is 1. The van der Waals surface area contributed by atoms with Crippen LogP contribution >= 0.6 is 0 Å². The van der Waals surface area contributed by atoms with Crippen LogP contribution in [-0.2, 0) is 10.0 Å². The fraction of sp³-hybridized carbons (Fsp3) is 0.118. The second-order valence-corrected chi connectivity index (χ2v) is 6.79. The monoisotopic (exact) mass is 328 g/mol. The van der Waals surface area contributed by atoms with Crippen LogP contribution in [0.15, 0.2) is 59.6 Å². The lowest BCUT2D eigenvalue weighted by Gasteiger charge is -2.12. The first-order valence-electron chi connectivity index (χ1n) is 7.02. The maximum Gasteiger partial charge on any atom is 0.261 e. The average Bonchev–Trinajstić information content (AvgIpc) is 2.55. The van der Waals surface area contributed by atoms with Crippen molar-refractivity contribution in [3.05, 3.63) is 60.3 Å². The Balaban J connectivity index is 2.02. The average molecular weight is 328 g/mol. The molecule has 118 valence electrons. The molecule has 3 aromatic rings. The van der Waals surface area contributed by atoms with Gasteiger partial charge in [-0.2, -0.15) is 0 Å². The lowest BCUT2D eigenvalue weighted by Crippen LogP contribution is -2.13. The molecule has 0 aliphatic carbocycles. The van der Waals surface area contributed by atoms with Gasteiger partial charge in [0.1, 0.15) is 5.75 Å². The maximum absolute atomic E-state index is 12.6. The molecule has 0 aliphatic rings. The van der Waals surface area contributed by atoms with E-state index in [1.54, 1.807) is 50.6 Å². The lowest BCUT2D eigenvalue weighted by atomic mass is 10.2. The predicted molar refractivity (Wildman–Crippen MR) is 90.3 cm³/mol. The number of fused-ring (bicyclic) bond motifs is 1. The van der Waals surface area contributed by atoms with Gasteiger partial charge in [0.05, 0.1) is 23.2 Å². The first-order chi connectivity index (χ1) is 11.0. The molecule has 2 aromatic carbocycles. The molecule has 0 unspecified atom stereocenters. The van der Waals surface area contributed by atoms with E-state index in [2.05, 4.69) is 9.71 Å². The normalized spacial score (nSPS) is 11.4. The Morgan fingerprint density at radius 1 is 1.09 bits per heavy atom. The second kappa shape index (κ2) is 5.89. The van der Waals surface area contributed by atoms with E-state index in [9.17, 15) is 8.42 Å². The van der Waals surface area contributed by atoms with E-state index in [4.69, 9.17) is 4.74 Å². The van der Waals surface area contributed by atoms with Crippen LogP contribution in [0, 0.1) is 6.92 Å². The van der Waals surface area contributed by atoms with Gasteiger partial charge in [0, 0.05) is 11.6 Å². The number of aromatic nitrogens is 1. The van der Waals surface area contributed by atoms with Crippen LogP contribution in [-0.4, -0.2) is 20.5 Å². The highest BCUT2D eigenvalue weighted by atomic mass is 32.2. The van der Waals surface area contributed by atoms with Gasteiger partial charge in [-0.1, -0.05) is 6.07 Å². The van der Waals surface area contributed by atoms with Crippen LogP contribution in [0.4, 0.5) is 5.69 Å². The van der Waals surface area contributed by atoms with Crippen molar-refractivity contribution in [2.45, 2.75) is 11.8 Å². The molecule has 6 heteroatoms. The molecule has 0 saturated carbocycles. The van der Waals surface area contributed by atoms with E-state index in [0.29, 0.717) is 11.4 Å². The zero-order valence-corrected chi connectivity index (χ0v) is 13.6. The summed E-state index contributed by atoms with van der Waals surface area (Å²) >= 11 is 0. The van der Waals surface area contributed by atoms with Crippen LogP contribution in [0.25, 0.3) is 10.9 Å². The topological polar surface area (TPSA) is 68.3 Å². The summed E-state index contributed by atoms with van der Waals surface area (Å²) in [6.45, 7) is 1.81. The number of methoxy groups -OCH3 is 1. The third-order valence-electron chi connectivity index (χ3n) is 3.57. The van der Waals surface area contributed by atoms with Crippen molar-refractivity contribution in [2.24, 2.45) is 0 Å². The number of aryl methyl sites for hydroxylation is 1. The van der Waals surface area contributed by atoms with Crippen molar-refractivity contribution in [3.8, 4) is 5.75 Å². The standard InChI is InChI=1S/C17H16N2O3S/c1-12-11-13(8-9-17(12)22-2)23(20,21)19-16-7-3-6-15-14(16)5-4-10-18-15/h3-11,19H,1-2H3. The number of anilines is 1. The second-order valence-electron chi connectivity index (χ2n) is 5.11. The zero-order chi connectivity index (χ0) is 16.4. The number of nitrogens with one attached hydrogen (secondary N) is 1. The first kappa shape index (κ1) is 15.3. The Kier molecular flexibility index (Phi) is 3.92. The number of sulfonamides is 1. The molecule has 1 aromatic heterocycles.